The molecule has 1 aromatic rings. The van der Waals surface area contributed by atoms with Gasteiger partial charge in [-0.2, -0.15) is 0 Å². The van der Waals surface area contributed by atoms with E-state index in [0.29, 0.717) is 17.7 Å². The number of ether oxygens (including phenoxy) is 1. The number of fused-ring (bicyclic) bond motifs is 1. The lowest BCUT2D eigenvalue weighted by atomic mass is 9.87. The molecule has 0 radical (unpaired) electrons. The second kappa shape index (κ2) is 7.18. The highest BCUT2D eigenvalue weighted by Gasteiger charge is 2.21. The van der Waals surface area contributed by atoms with Gasteiger partial charge in [-0.05, 0) is 43.0 Å². The molecule has 1 N–H and O–H groups in total. The molecule has 0 bridgehead atoms. The first kappa shape index (κ1) is 14.7. The van der Waals surface area contributed by atoms with Gasteiger partial charge in [0.05, 0.1) is 5.03 Å². The third-order valence-corrected chi connectivity index (χ3v) is 3.99. The molecule has 1 unspecified atom stereocenters. The van der Waals surface area contributed by atoms with Crippen LogP contribution < -0.4 is 10.1 Å². The van der Waals surface area contributed by atoms with Gasteiger partial charge in [0.1, 0.15) is 12.4 Å². The van der Waals surface area contributed by atoms with E-state index in [-0.39, 0.29) is 0 Å². The van der Waals surface area contributed by atoms with Crippen molar-refractivity contribution in [1.82, 2.24) is 5.32 Å². The van der Waals surface area contributed by atoms with E-state index in [1.807, 2.05) is 12.1 Å². The Balaban J connectivity index is 2.19. The fourth-order valence-corrected chi connectivity index (χ4v) is 2.70. The van der Waals surface area contributed by atoms with E-state index >= 15 is 0 Å². The molecule has 2 nitrogen and oxygen atoms in total. The molecule has 0 fully saturated rings. The van der Waals surface area contributed by atoms with E-state index < -0.39 is 0 Å². The Morgan fingerprint density at radius 3 is 3.11 bits per heavy atom. The summed E-state index contributed by atoms with van der Waals surface area (Å²) in [6.07, 6.45) is 3.44. The van der Waals surface area contributed by atoms with Crippen molar-refractivity contribution in [2.45, 2.75) is 32.2 Å². The van der Waals surface area contributed by atoms with E-state index in [4.69, 9.17) is 27.9 Å². The minimum absolute atomic E-state index is 0.327. The number of benzene rings is 1. The molecule has 0 aliphatic heterocycles. The molecule has 0 amide bonds. The van der Waals surface area contributed by atoms with Gasteiger partial charge in [-0.25, -0.2) is 0 Å². The van der Waals surface area contributed by atoms with Gasteiger partial charge in [-0.1, -0.05) is 42.3 Å². The fourth-order valence-electron chi connectivity index (χ4n) is 2.59. The van der Waals surface area contributed by atoms with Gasteiger partial charge in [-0.3, -0.25) is 0 Å². The molecule has 0 spiro atoms. The first-order valence-electron chi connectivity index (χ1n) is 6.69. The van der Waals surface area contributed by atoms with Crippen LogP contribution in [0.5, 0.6) is 5.75 Å². The summed E-state index contributed by atoms with van der Waals surface area (Å²) in [6, 6.07) is 6.68. The maximum Gasteiger partial charge on any atom is 0.125 e. The zero-order valence-electron chi connectivity index (χ0n) is 11.1. The molecule has 2 rings (SSSR count). The van der Waals surface area contributed by atoms with Crippen LogP contribution in [0, 0.1) is 0 Å². The van der Waals surface area contributed by atoms with Crippen LogP contribution in [0.15, 0.2) is 28.8 Å². The third-order valence-electron chi connectivity index (χ3n) is 3.40. The molecule has 1 aromatic carbocycles. The first-order valence-corrected chi connectivity index (χ1v) is 7.50. The number of hydrogen-bond donors (Lipinski definition) is 1. The Labute approximate surface area is 124 Å². The van der Waals surface area contributed by atoms with Crippen LogP contribution >= 0.6 is 23.2 Å². The van der Waals surface area contributed by atoms with Gasteiger partial charge in [-0.15, -0.1) is 0 Å². The van der Waals surface area contributed by atoms with Crippen LogP contribution in [0.1, 0.15) is 36.9 Å². The Hall–Kier alpha value is -0.700. The number of hydrogen-bond acceptors (Lipinski definition) is 2. The summed E-state index contributed by atoms with van der Waals surface area (Å²) in [4.78, 5) is 0. The fraction of sp³-hybridized carbons (Fsp3) is 0.467. The van der Waals surface area contributed by atoms with Crippen molar-refractivity contribution in [2.24, 2.45) is 0 Å². The smallest absolute Gasteiger partial charge is 0.125 e. The van der Waals surface area contributed by atoms with Crippen molar-refractivity contribution in [3.63, 3.8) is 0 Å². The Morgan fingerprint density at radius 1 is 1.53 bits per heavy atom. The van der Waals surface area contributed by atoms with Crippen molar-refractivity contribution in [1.29, 1.82) is 0 Å². The van der Waals surface area contributed by atoms with Crippen LogP contribution in [0.25, 0.3) is 0 Å². The molecule has 104 valence electrons. The average Bonchev–Trinajstić information content (AvgIpc) is 2.45. The van der Waals surface area contributed by atoms with Gasteiger partial charge in [0.25, 0.3) is 0 Å². The summed E-state index contributed by atoms with van der Waals surface area (Å²) in [5.74, 6) is 0.928. The molecule has 1 aliphatic rings. The van der Waals surface area contributed by atoms with Crippen molar-refractivity contribution in [3.05, 3.63) is 39.9 Å². The highest BCUT2D eigenvalue weighted by Crippen LogP contribution is 2.35. The van der Waals surface area contributed by atoms with Crippen molar-refractivity contribution >= 4 is 23.2 Å². The SMILES string of the molecule is CCNC1CCCc2c(OCC(Cl)=CCl)cccc21. The molecule has 0 aromatic heterocycles. The highest BCUT2D eigenvalue weighted by molar-refractivity contribution is 6.36. The van der Waals surface area contributed by atoms with E-state index in [1.54, 1.807) is 0 Å². The lowest BCUT2D eigenvalue weighted by Gasteiger charge is -2.27. The maximum absolute atomic E-state index is 5.87. The van der Waals surface area contributed by atoms with Gasteiger partial charge >= 0.3 is 0 Å². The van der Waals surface area contributed by atoms with Crippen LogP contribution in [0.2, 0.25) is 0 Å². The summed E-state index contributed by atoms with van der Waals surface area (Å²) in [5.41, 5.74) is 4.01. The molecule has 1 atom stereocenters. The van der Waals surface area contributed by atoms with Gasteiger partial charge < -0.3 is 10.1 Å². The first-order chi connectivity index (χ1) is 9.26. The summed E-state index contributed by atoms with van der Waals surface area (Å²) in [6.45, 7) is 3.45. The van der Waals surface area contributed by atoms with Crippen LogP contribution in [0.3, 0.4) is 0 Å². The molecule has 1 aliphatic carbocycles. The second-order valence-electron chi connectivity index (χ2n) is 4.67. The van der Waals surface area contributed by atoms with E-state index in [9.17, 15) is 0 Å². The Morgan fingerprint density at radius 2 is 2.37 bits per heavy atom. The highest BCUT2D eigenvalue weighted by atomic mass is 35.5. The van der Waals surface area contributed by atoms with E-state index in [2.05, 4.69) is 18.3 Å². The predicted octanol–water partition coefficient (Wildman–Crippen LogP) is 4.37. The maximum atomic E-state index is 5.87. The van der Waals surface area contributed by atoms with E-state index in [1.165, 1.54) is 29.5 Å². The topological polar surface area (TPSA) is 21.3 Å². The largest absolute Gasteiger partial charge is 0.488 e. The molecule has 4 heteroatoms. The zero-order chi connectivity index (χ0) is 13.7. The summed E-state index contributed by atoms with van der Waals surface area (Å²) >= 11 is 11.4. The lowest BCUT2D eigenvalue weighted by molar-refractivity contribution is 0.349. The number of halogens is 2. The molecular weight excluding hydrogens is 281 g/mol. The molecule has 0 heterocycles. The van der Waals surface area contributed by atoms with Crippen LogP contribution in [-0.2, 0) is 6.42 Å². The normalized spacial score (nSPS) is 19.1. The average molecular weight is 300 g/mol. The molecule has 19 heavy (non-hydrogen) atoms. The minimum atomic E-state index is 0.327. The van der Waals surface area contributed by atoms with E-state index in [0.717, 1.165) is 18.7 Å². The summed E-state index contributed by atoms with van der Waals surface area (Å²) in [5, 5.41) is 4.04. The number of rotatable bonds is 5. The van der Waals surface area contributed by atoms with Gasteiger partial charge in [0.15, 0.2) is 0 Å². The molecule has 0 saturated carbocycles. The summed E-state index contributed by atoms with van der Waals surface area (Å²) < 4.78 is 5.77. The standard InChI is InChI=1S/C15H19Cl2NO/c1-2-18-14-7-3-6-13-12(14)5-4-8-15(13)19-10-11(17)9-16/h4-5,8-9,14,18H,2-3,6-7,10H2,1H3. The van der Waals surface area contributed by atoms with Crippen molar-refractivity contribution in [2.75, 3.05) is 13.2 Å². The Kier molecular flexibility index (Phi) is 5.56. The quantitative estimate of drug-likeness (QED) is 0.871. The predicted molar refractivity (Wildman–Crippen MR) is 81.1 cm³/mol. The Bertz CT molecular complexity index is 459. The molecular formula is C15H19Cl2NO. The minimum Gasteiger partial charge on any atom is -0.488 e. The third kappa shape index (κ3) is 3.65. The van der Waals surface area contributed by atoms with Crippen molar-refractivity contribution in [3.8, 4) is 5.75 Å². The molecule has 0 saturated heterocycles. The second-order valence-corrected chi connectivity index (χ2v) is 5.37. The lowest BCUT2D eigenvalue weighted by Crippen LogP contribution is -2.25. The monoisotopic (exact) mass is 299 g/mol. The number of nitrogens with one attached hydrogen (secondary N) is 1. The van der Waals surface area contributed by atoms with Crippen LogP contribution in [-0.4, -0.2) is 13.2 Å². The van der Waals surface area contributed by atoms with Gasteiger partial charge in [0, 0.05) is 11.6 Å². The van der Waals surface area contributed by atoms with Crippen LogP contribution in [0.4, 0.5) is 0 Å². The zero-order valence-corrected chi connectivity index (χ0v) is 12.6. The van der Waals surface area contributed by atoms with Crippen molar-refractivity contribution < 1.29 is 4.74 Å². The summed E-state index contributed by atoms with van der Waals surface area (Å²) in [7, 11) is 0. The van der Waals surface area contributed by atoms with Gasteiger partial charge in [0.2, 0.25) is 0 Å².